The van der Waals surface area contributed by atoms with Gasteiger partial charge in [-0.25, -0.2) is 13.1 Å². The van der Waals surface area contributed by atoms with Crippen molar-refractivity contribution in [3.05, 3.63) is 59.7 Å². The molecule has 1 heterocycles. The van der Waals surface area contributed by atoms with Gasteiger partial charge in [0.25, 0.3) is 5.91 Å². The van der Waals surface area contributed by atoms with Gasteiger partial charge in [0.05, 0.1) is 11.5 Å². The molecule has 0 spiro atoms. The summed E-state index contributed by atoms with van der Waals surface area (Å²) in [6, 6.07) is 14.1. The van der Waals surface area contributed by atoms with Crippen LogP contribution in [0.4, 0.5) is 0 Å². The summed E-state index contributed by atoms with van der Waals surface area (Å²) >= 11 is 0. The summed E-state index contributed by atoms with van der Waals surface area (Å²) in [6.45, 7) is 8.21. The van der Waals surface area contributed by atoms with Gasteiger partial charge in [-0.1, -0.05) is 37.6 Å². The van der Waals surface area contributed by atoms with Gasteiger partial charge in [0.15, 0.2) is 0 Å². The lowest BCUT2D eigenvalue weighted by molar-refractivity contribution is 0.0676. The number of aryl methyl sites for hydroxylation is 1. The van der Waals surface area contributed by atoms with Crippen LogP contribution in [0, 0.1) is 18.8 Å². The zero-order valence-electron chi connectivity index (χ0n) is 18.5. The number of hydrogen-bond acceptors (Lipinski definition) is 4. The molecule has 7 heteroatoms. The second kappa shape index (κ2) is 10.3. The number of nitrogens with zero attached hydrogens (tertiary/aromatic N) is 1. The Kier molecular flexibility index (Phi) is 7.73. The smallest absolute Gasteiger partial charge is 0.253 e. The first-order valence-electron chi connectivity index (χ1n) is 10.8. The number of hydrogen-bond donors (Lipinski definition) is 1. The molecular formula is C24H32N2O4S. The number of carbonyl (C=O) groups is 1. The Morgan fingerprint density at radius 3 is 2.65 bits per heavy atom. The summed E-state index contributed by atoms with van der Waals surface area (Å²) in [5.74, 6) is 1.14. The molecule has 2 aromatic rings. The molecule has 1 amide bonds. The van der Waals surface area contributed by atoms with Crippen LogP contribution in [0.3, 0.4) is 0 Å². The van der Waals surface area contributed by atoms with Crippen molar-refractivity contribution in [2.24, 2.45) is 11.8 Å². The first kappa shape index (κ1) is 23.3. The highest BCUT2D eigenvalue weighted by Crippen LogP contribution is 2.21. The van der Waals surface area contributed by atoms with Crippen molar-refractivity contribution < 1.29 is 17.9 Å². The molecule has 3 rings (SSSR count). The van der Waals surface area contributed by atoms with Crippen molar-refractivity contribution in [3.63, 3.8) is 0 Å². The molecule has 1 N–H and O–H groups in total. The van der Waals surface area contributed by atoms with Crippen LogP contribution in [-0.4, -0.2) is 45.5 Å². The minimum atomic E-state index is -3.56. The Balaban J connectivity index is 1.59. The summed E-state index contributed by atoms with van der Waals surface area (Å²) in [6.07, 6.45) is 1.74. The molecule has 1 aliphatic heterocycles. The second-order valence-electron chi connectivity index (χ2n) is 8.66. The van der Waals surface area contributed by atoms with E-state index in [0.29, 0.717) is 43.5 Å². The highest BCUT2D eigenvalue weighted by molar-refractivity contribution is 7.89. The molecule has 0 bridgehead atoms. The number of likely N-dealkylation sites (tertiary alicyclic amines) is 1. The number of rotatable bonds is 8. The molecule has 1 unspecified atom stereocenters. The summed E-state index contributed by atoms with van der Waals surface area (Å²) < 4.78 is 33.6. The molecule has 1 aliphatic rings. The van der Waals surface area contributed by atoms with E-state index in [1.165, 1.54) is 0 Å². The number of nitrogens with one attached hydrogen (secondary N) is 1. The molecule has 2 aromatic carbocycles. The lowest BCUT2D eigenvalue weighted by Crippen LogP contribution is -2.43. The Morgan fingerprint density at radius 2 is 1.94 bits per heavy atom. The van der Waals surface area contributed by atoms with Crippen LogP contribution in [0.25, 0.3) is 0 Å². The fraction of sp³-hybridized carbons (Fsp3) is 0.458. The van der Waals surface area contributed by atoms with Crippen LogP contribution in [0.5, 0.6) is 5.75 Å². The van der Waals surface area contributed by atoms with E-state index in [9.17, 15) is 13.2 Å². The number of carbonyl (C=O) groups excluding carboxylic acids is 1. The number of piperidine rings is 1. The average Bonchev–Trinajstić information content (AvgIpc) is 2.76. The molecule has 0 aromatic heterocycles. The van der Waals surface area contributed by atoms with E-state index in [4.69, 9.17) is 4.74 Å². The maximum absolute atomic E-state index is 13.0. The Labute approximate surface area is 185 Å². The topological polar surface area (TPSA) is 75.7 Å². The van der Waals surface area contributed by atoms with Gasteiger partial charge in [-0.3, -0.25) is 4.79 Å². The maximum Gasteiger partial charge on any atom is 0.253 e. The molecule has 1 saturated heterocycles. The SMILES string of the molecule is Cc1ccc(S(=O)(=O)NCC2CCCN(C(=O)c3cccc(OCC(C)C)c3)C2)cc1. The monoisotopic (exact) mass is 444 g/mol. The van der Waals surface area contributed by atoms with Crippen LogP contribution < -0.4 is 9.46 Å². The fourth-order valence-corrected chi connectivity index (χ4v) is 4.73. The number of sulfonamides is 1. The molecule has 31 heavy (non-hydrogen) atoms. The first-order chi connectivity index (χ1) is 14.7. The van der Waals surface area contributed by atoms with E-state index >= 15 is 0 Å². The van der Waals surface area contributed by atoms with Gasteiger partial charge in [-0.2, -0.15) is 0 Å². The normalized spacial score (nSPS) is 17.0. The molecule has 0 aliphatic carbocycles. The highest BCUT2D eigenvalue weighted by atomic mass is 32.2. The van der Waals surface area contributed by atoms with Gasteiger partial charge >= 0.3 is 0 Å². The van der Waals surface area contributed by atoms with E-state index in [2.05, 4.69) is 18.6 Å². The van der Waals surface area contributed by atoms with E-state index < -0.39 is 10.0 Å². The number of amides is 1. The Hall–Kier alpha value is -2.38. The highest BCUT2D eigenvalue weighted by Gasteiger charge is 2.26. The zero-order chi connectivity index (χ0) is 22.4. The van der Waals surface area contributed by atoms with E-state index in [1.54, 1.807) is 36.4 Å². The molecule has 6 nitrogen and oxygen atoms in total. The Morgan fingerprint density at radius 1 is 1.19 bits per heavy atom. The van der Waals surface area contributed by atoms with Crippen LogP contribution in [0.2, 0.25) is 0 Å². The van der Waals surface area contributed by atoms with Crippen molar-refractivity contribution in [2.75, 3.05) is 26.2 Å². The van der Waals surface area contributed by atoms with Crippen molar-refractivity contribution in [3.8, 4) is 5.75 Å². The predicted molar refractivity (Wildman–Crippen MR) is 122 cm³/mol. The third-order valence-electron chi connectivity index (χ3n) is 5.36. The van der Waals surface area contributed by atoms with Crippen molar-refractivity contribution >= 4 is 15.9 Å². The number of ether oxygens (including phenoxy) is 1. The largest absolute Gasteiger partial charge is 0.493 e. The second-order valence-corrected chi connectivity index (χ2v) is 10.4. The van der Waals surface area contributed by atoms with Crippen molar-refractivity contribution in [1.29, 1.82) is 0 Å². The number of benzene rings is 2. The first-order valence-corrected chi connectivity index (χ1v) is 12.3. The van der Waals surface area contributed by atoms with Gasteiger partial charge in [-0.05, 0) is 61.9 Å². The molecule has 0 radical (unpaired) electrons. The van der Waals surface area contributed by atoms with Crippen molar-refractivity contribution in [1.82, 2.24) is 9.62 Å². The summed E-state index contributed by atoms with van der Waals surface area (Å²) in [4.78, 5) is 15.1. The molecular weight excluding hydrogens is 412 g/mol. The average molecular weight is 445 g/mol. The maximum atomic E-state index is 13.0. The van der Waals surface area contributed by atoms with Crippen LogP contribution in [-0.2, 0) is 10.0 Å². The zero-order valence-corrected chi connectivity index (χ0v) is 19.3. The van der Waals surface area contributed by atoms with Crippen LogP contribution >= 0.6 is 0 Å². The summed E-state index contributed by atoms with van der Waals surface area (Å²) in [5.41, 5.74) is 1.61. The standard InChI is InChI=1S/C24H32N2O4S/c1-18(2)17-30-22-8-4-7-21(14-22)24(27)26-13-5-6-20(16-26)15-25-31(28,29)23-11-9-19(3)10-12-23/h4,7-12,14,18,20,25H,5-6,13,15-17H2,1-3H3. The molecule has 1 fully saturated rings. The summed E-state index contributed by atoms with van der Waals surface area (Å²) in [7, 11) is -3.56. The van der Waals surface area contributed by atoms with Gasteiger partial charge in [0.2, 0.25) is 10.0 Å². The third-order valence-corrected chi connectivity index (χ3v) is 6.80. The van der Waals surface area contributed by atoms with Crippen LogP contribution in [0.1, 0.15) is 42.6 Å². The lowest BCUT2D eigenvalue weighted by atomic mass is 9.97. The van der Waals surface area contributed by atoms with Gasteiger partial charge < -0.3 is 9.64 Å². The van der Waals surface area contributed by atoms with Crippen LogP contribution in [0.15, 0.2) is 53.4 Å². The quantitative estimate of drug-likeness (QED) is 0.671. The molecule has 1 atom stereocenters. The van der Waals surface area contributed by atoms with Gasteiger partial charge in [0.1, 0.15) is 5.75 Å². The van der Waals surface area contributed by atoms with E-state index in [-0.39, 0.29) is 16.7 Å². The minimum absolute atomic E-state index is 0.0407. The van der Waals surface area contributed by atoms with E-state index in [0.717, 1.165) is 18.4 Å². The molecule has 168 valence electrons. The van der Waals surface area contributed by atoms with Gasteiger partial charge in [0, 0.05) is 25.2 Å². The fourth-order valence-electron chi connectivity index (χ4n) is 3.61. The van der Waals surface area contributed by atoms with Gasteiger partial charge in [-0.15, -0.1) is 0 Å². The predicted octanol–water partition coefficient (Wildman–Crippen LogP) is 3.86. The Bertz CT molecular complexity index is 987. The molecule has 0 saturated carbocycles. The lowest BCUT2D eigenvalue weighted by Gasteiger charge is -2.33. The summed E-state index contributed by atoms with van der Waals surface area (Å²) in [5, 5.41) is 0. The van der Waals surface area contributed by atoms with Crippen molar-refractivity contribution in [2.45, 2.75) is 38.5 Å². The van der Waals surface area contributed by atoms with E-state index in [1.807, 2.05) is 24.0 Å². The minimum Gasteiger partial charge on any atom is -0.493 e. The third kappa shape index (κ3) is 6.55.